The Bertz CT molecular complexity index is 1890. The molecule has 29 heteroatoms. The number of carbonyl (C=O) groups excluding carboxylic acids is 1. The molecule has 27 nitrogen and oxygen atoms in total. The Labute approximate surface area is 514 Å². The van der Waals surface area contributed by atoms with Crippen molar-refractivity contribution < 1.29 is 128 Å². The Morgan fingerprint density at radius 3 is 1.18 bits per heavy atom. The molecule has 2 aliphatic carbocycles. The molecule has 23 atom stereocenters. The van der Waals surface area contributed by atoms with Crippen LogP contribution in [-0.2, 0) is 41.5 Å². The molecular weight excluding hydrogens is 1190 g/mol. The zero-order valence-corrected chi connectivity index (χ0v) is 53.1. The SMILES string of the molecule is CCCCCCCCCCCCCCCCCCC(O)C(=O)N[C@@H](COP(=O)(O)O[C@H]1C(O)C(O)C(O)[C@@H](O)C1O[C@H]1O[C@H](COP(=O)(O)OC2C(O)C(O)C(O)[C@@H](O)C2O)[C@@H](O)C(O)C1O)[C@H](O)[C@H](O)CCCCCCCCCCCCCCCC. The monoisotopic (exact) mass is 1300 g/mol. The summed E-state index contributed by atoms with van der Waals surface area (Å²) >= 11 is 0. The summed E-state index contributed by atoms with van der Waals surface area (Å²) in [5, 5.41) is 162. The summed E-state index contributed by atoms with van der Waals surface area (Å²) in [7, 11) is -11.2. The molecule has 14 unspecified atom stereocenters. The topological polar surface area (TPSA) is 463 Å². The van der Waals surface area contributed by atoms with Crippen molar-refractivity contribution in [1.82, 2.24) is 5.32 Å². The number of phosphoric ester groups is 2. The van der Waals surface area contributed by atoms with Crippen LogP contribution in [0.1, 0.15) is 219 Å². The second-order valence-corrected chi connectivity index (χ2v) is 27.2. The molecule has 0 aromatic rings. The molecular formula is C58H113NO26P2. The van der Waals surface area contributed by atoms with Crippen LogP contribution in [0.2, 0.25) is 0 Å². The summed E-state index contributed by atoms with van der Waals surface area (Å²) in [4.78, 5) is 35.0. The first-order chi connectivity index (χ1) is 41.3. The zero-order valence-electron chi connectivity index (χ0n) is 51.3. The molecule has 3 aliphatic rings. The minimum atomic E-state index is -5.68. The molecule has 3 rings (SSSR count). The lowest BCUT2D eigenvalue weighted by Crippen LogP contribution is -2.67. The van der Waals surface area contributed by atoms with Gasteiger partial charge in [0.15, 0.2) is 6.29 Å². The maximum atomic E-state index is 13.8. The van der Waals surface area contributed by atoms with E-state index in [1.54, 1.807) is 0 Å². The smallest absolute Gasteiger partial charge is 0.390 e. The number of phosphoric acid groups is 2. The molecule has 516 valence electrons. The lowest BCUT2D eigenvalue weighted by atomic mass is 9.84. The van der Waals surface area contributed by atoms with Crippen molar-refractivity contribution in [3.63, 3.8) is 0 Å². The van der Waals surface area contributed by atoms with Crippen molar-refractivity contribution in [2.24, 2.45) is 0 Å². The van der Waals surface area contributed by atoms with Crippen LogP contribution >= 0.6 is 15.6 Å². The van der Waals surface area contributed by atoms with E-state index in [-0.39, 0.29) is 12.8 Å². The molecule has 1 aliphatic heterocycles. The third kappa shape index (κ3) is 28.6. The van der Waals surface area contributed by atoms with Gasteiger partial charge in [-0.05, 0) is 12.8 Å². The minimum absolute atomic E-state index is 0.0366. The summed E-state index contributed by atoms with van der Waals surface area (Å²) in [6, 6.07) is -1.69. The van der Waals surface area contributed by atoms with Gasteiger partial charge in [-0.15, -0.1) is 0 Å². The third-order valence-electron chi connectivity index (χ3n) is 17.0. The number of nitrogens with one attached hydrogen (secondary N) is 1. The van der Waals surface area contributed by atoms with Crippen molar-refractivity contribution in [2.45, 2.75) is 348 Å². The molecule has 87 heavy (non-hydrogen) atoms. The van der Waals surface area contributed by atoms with Gasteiger partial charge in [0.2, 0.25) is 5.91 Å². The van der Waals surface area contributed by atoms with Gasteiger partial charge in [0.1, 0.15) is 110 Å². The van der Waals surface area contributed by atoms with Gasteiger partial charge in [0.25, 0.3) is 0 Å². The van der Waals surface area contributed by atoms with E-state index in [4.69, 9.17) is 27.6 Å². The Kier molecular flexibility index (Phi) is 39.7. The first kappa shape index (κ1) is 80.2. The highest BCUT2D eigenvalue weighted by molar-refractivity contribution is 7.47. The van der Waals surface area contributed by atoms with E-state index in [2.05, 4.69) is 19.2 Å². The normalized spacial score (nSPS) is 32.5. The van der Waals surface area contributed by atoms with Gasteiger partial charge in [-0.1, -0.05) is 206 Å². The number of carbonyl (C=O) groups is 1. The standard InChI is InChI=1S/C58H113NO26P2/c1-3-5-7-9-11-13-15-17-19-20-22-24-26-28-30-32-34-39(61)57(75)59-37(41(62)38(60)33-31-29-27-25-23-21-18-16-14-12-10-8-6-4-2)35-80-86(76,77)85-56-52(73)48(69)47(68)51(72)55(56)83-58-53(74)43(64)42(63)40(82-58)36-81-87(78,79)84-54-49(70)45(66)44(65)46(67)50(54)71/h37-56,58,60-74H,3-36H2,1-2H3,(H,59,75)(H,76,77)(H,78,79)/t37-,38+,39?,40+,41-,42+,43?,44?,45+,46?,47?,48?,49?,50?,51+,52?,53?,54?,55?,56-,58+/m0/s1. The van der Waals surface area contributed by atoms with E-state index in [9.17, 15) is 100 Å². The van der Waals surface area contributed by atoms with Crippen molar-refractivity contribution >= 4 is 21.6 Å². The van der Waals surface area contributed by atoms with Gasteiger partial charge in [0.05, 0.1) is 25.4 Å². The largest absolute Gasteiger partial charge is 0.472 e. The van der Waals surface area contributed by atoms with E-state index in [0.29, 0.717) is 19.3 Å². The van der Waals surface area contributed by atoms with Crippen molar-refractivity contribution in [3.8, 4) is 0 Å². The van der Waals surface area contributed by atoms with Crippen LogP contribution in [-0.4, -0.2) is 234 Å². The second-order valence-electron chi connectivity index (χ2n) is 24.4. The average molecular weight is 1300 g/mol. The summed E-state index contributed by atoms with van der Waals surface area (Å²) in [6.07, 6.45) is -10.4. The Balaban J connectivity index is 1.65. The molecule has 18 N–H and O–H groups in total. The molecule has 3 fully saturated rings. The summed E-state index contributed by atoms with van der Waals surface area (Å²) in [6.45, 7) is 2.05. The van der Waals surface area contributed by atoms with Crippen molar-refractivity contribution in [1.29, 1.82) is 0 Å². The third-order valence-corrected chi connectivity index (χ3v) is 19.0. The molecule has 0 bridgehead atoms. The van der Waals surface area contributed by atoms with Crippen LogP contribution in [0.25, 0.3) is 0 Å². The van der Waals surface area contributed by atoms with Crippen LogP contribution < -0.4 is 5.32 Å². The highest BCUT2D eigenvalue weighted by Crippen LogP contribution is 2.49. The van der Waals surface area contributed by atoms with E-state index in [1.165, 1.54) is 116 Å². The molecule has 0 aromatic heterocycles. The van der Waals surface area contributed by atoms with E-state index < -0.39 is 163 Å². The van der Waals surface area contributed by atoms with Crippen molar-refractivity contribution in [2.75, 3.05) is 13.2 Å². The average Bonchev–Trinajstić information content (AvgIpc) is 2.02. The van der Waals surface area contributed by atoms with Crippen LogP contribution in [0.15, 0.2) is 0 Å². The predicted octanol–water partition coefficient (Wildman–Crippen LogP) is 2.55. The highest BCUT2D eigenvalue weighted by atomic mass is 31.2. The number of ether oxygens (including phenoxy) is 2. The quantitative estimate of drug-likeness (QED) is 0.0307. The van der Waals surface area contributed by atoms with Crippen LogP contribution in [0, 0.1) is 0 Å². The lowest BCUT2D eigenvalue weighted by molar-refractivity contribution is -0.337. The maximum Gasteiger partial charge on any atom is 0.472 e. The lowest BCUT2D eigenvalue weighted by Gasteiger charge is -2.47. The number of hydrogen-bond donors (Lipinski definition) is 18. The molecule has 1 amide bonds. The number of rotatable bonds is 48. The van der Waals surface area contributed by atoms with Gasteiger partial charge in [0, 0.05) is 0 Å². The van der Waals surface area contributed by atoms with Crippen molar-refractivity contribution in [3.05, 3.63) is 0 Å². The van der Waals surface area contributed by atoms with Crippen LogP contribution in [0.3, 0.4) is 0 Å². The van der Waals surface area contributed by atoms with Gasteiger partial charge in [-0.2, -0.15) is 0 Å². The molecule has 2 saturated carbocycles. The second kappa shape index (κ2) is 43.1. The first-order valence-electron chi connectivity index (χ1n) is 32.4. The Morgan fingerprint density at radius 1 is 0.425 bits per heavy atom. The molecule has 0 radical (unpaired) electrons. The summed E-state index contributed by atoms with van der Waals surface area (Å²) in [5.74, 6) is -0.990. The highest BCUT2D eigenvalue weighted by Gasteiger charge is 2.56. The van der Waals surface area contributed by atoms with E-state index in [0.717, 1.165) is 57.8 Å². The van der Waals surface area contributed by atoms with Gasteiger partial charge in [-0.25, -0.2) is 9.13 Å². The fraction of sp³-hybridized carbons (Fsp3) is 0.983. The molecule has 0 spiro atoms. The predicted molar refractivity (Wildman–Crippen MR) is 316 cm³/mol. The molecule has 1 saturated heterocycles. The number of aliphatic hydroxyl groups excluding tert-OH is 15. The van der Waals surface area contributed by atoms with Gasteiger partial charge >= 0.3 is 15.6 Å². The van der Waals surface area contributed by atoms with Crippen LogP contribution in [0.5, 0.6) is 0 Å². The van der Waals surface area contributed by atoms with Gasteiger partial charge in [-0.3, -0.25) is 22.9 Å². The fourth-order valence-electron chi connectivity index (χ4n) is 11.3. The number of hydrogen-bond acceptors (Lipinski definition) is 24. The fourth-order valence-corrected chi connectivity index (χ4v) is 13.2. The zero-order chi connectivity index (χ0) is 64.7. The molecule has 0 aromatic carbocycles. The number of amides is 1. The summed E-state index contributed by atoms with van der Waals surface area (Å²) in [5.41, 5.74) is 0. The molecule has 1 heterocycles. The number of aliphatic hydroxyl groups is 15. The maximum absolute atomic E-state index is 13.8. The van der Waals surface area contributed by atoms with E-state index in [1.807, 2.05) is 0 Å². The van der Waals surface area contributed by atoms with E-state index >= 15 is 0 Å². The Morgan fingerprint density at radius 2 is 0.759 bits per heavy atom. The summed E-state index contributed by atoms with van der Waals surface area (Å²) < 4.78 is 57.7. The Hall–Kier alpha value is -0.990. The number of unbranched alkanes of at least 4 members (excludes halogenated alkanes) is 28. The van der Waals surface area contributed by atoms with Crippen LogP contribution in [0.4, 0.5) is 0 Å². The van der Waals surface area contributed by atoms with Gasteiger partial charge < -0.3 is 101 Å². The minimum Gasteiger partial charge on any atom is -0.390 e. The first-order valence-corrected chi connectivity index (χ1v) is 35.4.